The number of aryl methyl sites for hydroxylation is 1. The van der Waals surface area contributed by atoms with Crippen LogP contribution >= 0.6 is 0 Å². The fourth-order valence-electron chi connectivity index (χ4n) is 1.96. The summed E-state index contributed by atoms with van der Waals surface area (Å²) in [4.78, 5) is 23.4. The molecule has 0 unspecified atom stereocenters. The lowest BCUT2D eigenvalue weighted by molar-refractivity contribution is -0.139. The zero-order valence-corrected chi connectivity index (χ0v) is 13.9. The van der Waals surface area contributed by atoms with Crippen molar-refractivity contribution in [3.05, 3.63) is 59.2 Å². The molecule has 7 heteroatoms. The summed E-state index contributed by atoms with van der Waals surface area (Å²) >= 11 is 0. The Morgan fingerprint density at radius 3 is 2.56 bits per heavy atom. The second kappa shape index (κ2) is 8.49. The average molecular weight is 341 g/mol. The van der Waals surface area contributed by atoms with E-state index in [1.165, 1.54) is 19.4 Å². The molecule has 2 aromatic rings. The second-order valence-corrected chi connectivity index (χ2v) is 5.30. The van der Waals surface area contributed by atoms with E-state index in [2.05, 4.69) is 15.8 Å². The van der Waals surface area contributed by atoms with Crippen LogP contribution in [0.4, 0.5) is 0 Å². The maximum atomic E-state index is 11.7. The first-order chi connectivity index (χ1) is 12.0. The standard InChI is InChI=1S/C18H19N3O4/c1-12-3-5-13(6-4-12)10-19-17(23)18(24)21-20-11-14-7-8-15(22)16(9-14)25-2/h3-9,11,22H,10H2,1-2H3,(H,19,23)(H,21,24)/b20-11-. The van der Waals surface area contributed by atoms with Crippen molar-refractivity contribution in [3.63, 3.8) is 0 Å². The van der Waals surface area contributed by atoms with Gasteiger partial charge in [-0.1, -0.05) is 29.8 Å². The highest BCUT2D eigenvalue weighted by Gasteiger charge is 2.11. The number of ether oxygens (including phenoxy) is 1. The lowest BCUT2D eigenvalue weighted by Crippen LogP contribution is -2.37. The topological polar surface area (TPSA) is 100 Å². The van der Waals surface area contributed by atoms with Gasteiger partial charge in [-0.2, -0.15) is 5.10 Å². The van der Waals surface area contributed by atoms with E-state index in [-0.39, 0.29) is 18.0 Å². The maximum Gasteiger partial charge on any atom is 0.329 e. The van der Waals surface area contributed by atoms with E-state index in [4.69, 9.17) is 4.74 Å². The summed E-state index contributed by atoms with van der Waals surface area (Å²) in [5.41, 5.74) is 4.75. The number of aromatic hydroxyl groups is 1. The zero-order valence-electron chi connectivity index (χ0n) is 13.9. The number of phenolic OH excluding ortho intramolecular Hbond substituents is 1. The van der Waals surface area contributed by atoms with Gasteiger partial charge in [0.15, 0.2) is 11.5 Å². The quantitative estimate of drug-likeness (QED) is 0.436. The average Bonchev–Trinajstić information content (AvgIpc) is 2.62. The number of hydrogen-bond acceptors (Lipinski definition) is 5. The van der Waals surface area contributed by atoms with Crippen LogP contribution in [0.5, 0.6) is 11.5 Å². The minimum atomic E-state index is -0.867. The molecule has 2 amide bonds. The zero-order chi connectivity index (χ0) is 18.2. The Morgan fingerprint density at radius 2 is 1.88 bits per heavy atom. The van der Waals surface area contributed by atoms with Crippen LogP contribution in [0.2, 0.25) is 0 Å². The van der Waals surface area contributed by atoms with E-state index in [0.29, 0.717) is 5.56 Å². The van der Waals surface area contributed by atoms with Crippen LogP contribution in [0.3, 0.4) is 0 Å². The third-order valence-electron chi connectivity index (χ3n) is 3.36. The Bertz CT molecular complexity index is 785. The molecule has 0 heterocycles. The lowest BCUT2D eigenvalue weighted by atomic mass is 10.1. The first-order valence-corrected chi connectivity index (χ1v) is 7.53. The van der Waals surface area contributed by atoms with Gasteiger partial charge in [0.2, 0.25) is 0 Å². The summed E-state index contributed by atoms with van der Waals surface area (Å²) in [5.74, 6) is -1.36. The van der Waals surface area contributed by atoms with Crippen molar-refractivity contribution in [3.8, 4) is 11.5 Å². The molecule has 2 rings (SSSR count). The van der Waals surface area contributed by atoms with Gasteiger partial charge >= 0.3 is 11.8 Å². The minimum absolute atomic E-state index is 0.000769. The summed E-state index contributed by atoms with van der Waals surface area (Å²) in [6.45, 7) is 2.23. The monoisotopic (exact) mass is 341 g/mol. The summed E-state index contributed by atoms with van der Waals surface area (Å²) in [6, 6.07) is 12.2. The number of rotatable bonds is 5. The van der Waals surface area contributed by atoms with E-state index in [1.807, 2.05) is 31.2 Å². The number of hydrogen-bond donors (Lipinski definition) is 3. The summed E-state index contributed by atoms with van der Waals surface area (Å²) in [5, 5.41) is 15.7. The van der Waals surface area contributed by atoms with E-state index in [1.54, 1.807) is 12.1 Å². The van der Waals surface area contributed by atoms with Gasteiger partial charge in [-0.3, -0.25) is 9.59 Å². The van der Waals surface area contributed by atoms with E-state index < -0.39 is 11.8 Å². The molecule has 0 aliphatic carbocycles. The van der Waals surface area contributed by atoms with Crippen molar-refractivity contribution in [1.82, 2.24) is 10.7 Å². The van der Waals surface area contributed by atoms with Crippen molar-refractivity contribution >= 4 is 18.0 Å². The Balaban J connectivity index is 1.84. The minimum Gasteiger partial charge on any atom is -0.504 e. The largest absolute Gasteiger partial charge is 0.504 e. The highest BCUT2D eigenvalue weighted by atomic mass is 16.5. The third kappa shape index (κ3) is 5.35. The number of phenols is 1. The van der Waals surface area contributed by atoms with Gasteiger partial charge in [-0.05, 0) is 36.2 Å². The van der Waals surface area contributed by atoms with Gasteiger partial charge in [0.1, 0.15) is 0 Å². The van der Waals surface area contributed by atoms with Crippen LogP contribution in [0.25, 0.3) is 0 Å². The molecule has 0 aliphatic heterocycles. The molecule has 0 aliphatic rings. The van der Waals surface area contributed by atoms with Crippen LogP contribution < -0.4 is 15.5 Å². The molecule has 0 radical (unpaired) electrons. The van der Waals surface area contributed by atoms with E-state index in [9.17, 15) is 14.7 Å². The Morgan fingerprint density at radius 1 is 1.16 bits per heavy atom. The number of benzene rings is 2. The normalized spacial score (nSPS) is 10.5. The molecule has 25 heavy (non-hydrogen) atoms. The van der Waals surface area contributed by atoms with Gasteiger partial charge < -0.3 is 15.2 Å². The van der Waals surface area contributed by atoms with Gasteiger partial charge in [0.25, 0.3) is 0 Å². The molecule has 0 atom stereocenters. The highest BCUT2D eigenvalue weighted by molar-refractivity contribution is 6.35. The Hall–Kier alpha value is -3.35. The van der Waals surface area contributed by atoms with Gasteiger partial charge in [0.05, 0.1) is 13.3 Å². The number of carbonyl (C=O) groups is 2. The summed E-state index contributed by atoms with van der Waals surface area (Å²) in [6.07, 6.45) is 1.34. The number of amides is 2. The fraction of sp³-hybridized carbons (Fsp3) is 0.167. The first kappa shape index (κ1) is 18.0. The molecule has 2 aromatic carbocycles. The number of methoxy groups -OCH3 is 1. The molecule has 0 spiro atoms. The van der Waals surface area contributed by atoms with Crippen molar-refractivity contribution in [1.29, 1.82) is 0 Å². The molecule has 0 saturated carbocycles. The second-order valence-electron chi connectivity index (χ2n) is 5.30. The molecule has 3 N–H and O–H groups in total. The van der Waals surface area contributed by atoms with Crippen molar-refractivity contribution in [2.75, 3.05) is 7.11 Å². The lowest BCUT2D eigenvalue weighted by Gasteiger charge is -2.05. The Labute approximate surface area is 145 Å². The van der Waals surface area contributed by atoms with Crippen LogP contribution in [0, 0.1) is 6.92 Å². The predicted molar refractivity (Wildman–Crippen MR) is 93.4 cm³/mol. The SMILES string of the molecule is COc1cc(/C=N\NC(=O)C(=O)NCc2ccc(C)cc2)ccc1O. The molecule has 0 bridgehead atoms. The number of nitrogens with zero attached hydrogens (tertiary/aromatic N) is 1. The fourth-order valence-corrected chi connectivity index (χ4v) is 1.96. The van der Waals surface area contributed by atoms with Crippen molar-refractivity contribution < 1.29 is 19.4 Å². The van der Waals surface area contributed by atoms with E-state index in [0.717, 1.165) is 11.1 Å². The van der Waals surface area contributed by atoms with Crippen LogP contribution in [-0.4, -0.2) is 30.2 Å². The van der Waals surface area contributed by atoms with Gasteiger partial charge in [-0.25, -0.2) is 5.43 Å². The smallest absolute Gasteiger partial charge is 0.329 e. The molecule has 130 valence electrons. The molecule has 0 fully saturated rings. The summed E-state index contributed by atoms with van der Waals surface area (Å²) in [7, 11) is 1.43. The predicted octanol–water partition coefficient (Wildman–Crippen LogP) is 1.48. The van der Waals surface area contributed by atoms with E-state index >= 15 is 0 Å². The summed E-state index contributed by atoms with van der Waals surface area (Å²) < 4.78 is 4.97. The maximum absolute atomic E-state index is 11.7. The highest BCUT2D eigenvalue weighted by Crippen LogP contribution is 2.25. The number of nitrogens with one attached hydrogen (secondary N) is 2. The van der Waals surface area contributed by atoms with Gasteiger partial charge in [-0.15, -0.1) is 0 Å². The molecule has 0 aromatic heterocycles. The van der Waals surface area contributed by atoms with Crippen LogP contribution in [0.15, 0.2) is 47.6 Å². The third-order valence-corrected chi connectivity index (χ3v) is 3.36. The van der Waals surface area contributed by atoms with Crippen molar-refractivity contribution in [2.24, 2.45) is 5.10 Å². The van der Waals surface area contributed by atoms with Gasteiger partial charge in [0, 0.05) is 6.54 Å². The Kier molecular flexibility index (Phi) is 6.11. The molecule has 7 nitrogen and oxygen atoms in total. The molecule has 0 saturated heterocycles. The molecular formula is C18H19N3O4. The molecular weight excluding hydrogens is 322 g/mol. The van der Waals surface area contributed by atoms with Crippen LogP contribution in [0.1, 0.15) is 16.7 Å². The number of carbonyl (C=O) groups excluding carboxylic acids is 2. The van der Waals surface area contributed by atoms with Crippen LogP contribution in [-0.2, 0) is 16.1 Å². The number of hydrazone groups is 1. The first-order valence-electron chi connectivity index (χ1n) is 7.53. The van der Waals surface area contributed by atoms with Crippen molar-refractivity contribution in [2.45, 2.75) is 13.5 Å².